The zero-order valence-electron chi connectivity index (χ0n) is 12.9. The van der Waals surface area contributed by atoms with Crippen LogP contribution in [0.25, 0.3) is 11.3 Å². The van der Waals surface area contributed by atoms with Gasteiger partial charge in [0.1, 0.15) is 11.6 Å². The zero-order valence-corrected chi connectivity index (χ0v) is 13.7. The molecule has 1 heterocycles. The SMILES string of the molecule is CC(Oc1ccc(F)cc1)C(=O)Nc1nc(-c2ccccc2)cs1. The highest BCUT2D eigenvalue weighted by Gasteiger charge is 2.16. The minimum absolute atomic E-state index is 0.312. The number of hydrogen-bond donors (Lipinski definition) is 1. The molecule has 0 aliphatic carbocycles. The van der Waals surface area contributed by atoms with Crippen molar-refractivity contribution >= 4 is 22.4 Å². The van der Waals surface area contributed by atoms with Crippen LogP contribution in [0.2, 0.25) is 0 Å². The summed E-state index contributed by atoms with van der Waals surface area (Å²) in [5.41, 5.74) is 1.80. The van der Waals surface area contributed by atoms with Gasteiger partial charge >= 0.3 is 0 Å². The quantitative estimate of drug-likeness (QED) is 0.750. The lowest BCUT2D eigenvalue weighted by Crippen LogP contribution is -2.30. The summed E-state index contributed by atoms with van der Waals surface area (Å²) in [7, 11) is 0. The van der Waals surface area contributed by atoms with Gasteiger partial charge in [-0.15, -0.1) is 11.3 Å². The third kappa shape index (κ3) is 3.97. The molecule has 2 aromatic carbocycles. The van der Waals surface area contributed by atoms with E-state index in [0.717, 1.165) is 11.3 Å². The molecule has 0 bridgehead atoms. The summed E-state index contributed by atoms with van der Waals surface area (Å²) in [5.74, 6) is -0.230. The molecule has 6 heteroatoms. The molecule has 0 aliphatic heterocycles. The Morgan fingerprint density at radius 2 is 1.88 bits per heavy atom. The Morgan fingerprint density at radius 1 is 1.17 bits per heavy atom. The van der Waals surface area contributed by atoms with E-state index in [2.05, 4.69) is 10.3 Å². The van der Waals surface area contributed by atoms with E-state index in [9.17, 15) is 9.18 Å². The topological polar surface area (TPSA) is 51.2 Å². The standard InChI is InChI=1S/C18H15FN2O2S/c1-12(23-15-9-7-14(19)8-10-15)17(22)21-18-20-16(11-24-18)13-5-3-2-4-6-13/h2-12H,1H3,(H,20,21,22). The molecular formula is C18H15FN2O2S. The normalized spacial score (nSPS) is 11.8. The number of thiazole rings is 1. The predicted octanol–water partition coefficient (Wildman–Crippen LogP) is 4.36. The molecule has 1 amide bonds. The fourth-order valence-corrected chi connectivity index (χ4v) is 2.77. The average Bonchev–Trinajstić information content (AvgIpc) is 3.06. The van der Waals surface area contributed by atoms with Gasteiger partial charge in [-0.3, -0.25) is 10.1 Å². The van der Waals surface area contributed by atoms with Crippen molar-refractivity contribution in [1.82, 2.24) is 4.98 Å². The molecule has 1 atom stereocenters. The molecule has 24 heavy (non-hydrogen) atoms. The number of ether oxygens (including phenoxy) is 1. The van der Waals surface area contributed by atoms with E-state index in [1.807, 2.05) is 35.7 Å². The van der Waals surface area contributed by atoms with Crippen LogP contribution in [0.5, 0.6) is 5.75 Å². The lowest BCUT2D eigenvalue weighted by atomic mass is 10.2. The summed E-state index contributed by atoms with van der Waals surface area (Å²) < 4.78 is 18.4. The second kappa shape index (κ2) is 7.23. The lowest BCUT2D eigenvalue weighted by Gasteiger charge is -2.13. The predicted molar refractivity (Wildman–Crippen MR) is 92.7 cm³/mol. The van der Waals surface area contributed by atoms with E-state index in [4.69, 9.17) is 4.74 Å². The van der Waals surface area contributed by atoms with Gasteiger partial charge in [0.15, 0.2) is 11.2 Å². The Balaban J connectivity index is 1.62. The molecule has 0 spiro atoms. The maximum atomic E-state index is 12.9. The van der Waals surface area contributed by atoms with Gasteiger partial charge in [0.05, 0.1) is 5.69 Å². The summed E-state index contributed by atoms with van der Waals surface area (Å²) in [6.45, 7) is 1.63. The number of carbonyl (C=O) groups is 1. The van der Waals surface area contributed by atoms with Crippen molar-refractivity contribution in [2.45, 2.75) is 13.0 Å². The van der Waals surface area contributed by atoms with Gasteiger partial charge in [0.25, 0.3) is 5.91 Å². The van der Waals surface area contributed by atoms with Crippen molar-refractivity contribution in [2.75, 3.05) is 5.32 Å². The second-order valence-corrected chi connectivity index (χ2v) is 5.97. The van der Waals surface area contributed by atoms with Crippen molar-refractivity contribution in [3.63, 3.8) is 0 Å². The summed E-state index contributed by atoms with van der Waals surface area (Å²) in [6.07, 6.45) is -0.723. The van der Waals surface area contributed by atoms with Crippen LogP contribution < -0.4 is 10.1 Å². The fourth-order valence-electron chi connectivity index (χ4n) is 2.05. The Kier molecular flexibility index (Phi) is 4.86. The summed E-state index contributed by atoms with van der Waals surface area (Å²) in [4.78, 5) is 16.6. The van der Waals surface area contributed by atoms with Crippen LogP contribution in [-0.4, -0.2) is 17.0 Å². The number of rotatable bonds is 5. The smallest absolute Gasteiger partial charge is 0.266 e. The molecule has 0 saturated heterocycles. The maximum absolute atomic E-state index is 12.9. The minimum Gasteiger partial charge on any atom is -0.481 e. The van der Waals surface area contributed by atoms with E-state index in [-0.39, 0.29) is 11.7 Å². The molecule has 0 radical (unpaired) electrons. The van der Waals surface area contributed by atoms with Gasteiger partial charge in [-0.05, 0) is 31.2 Å². The lowest BCUT2D eigenvalue weighted by molar-refractivity contribution is -0.122. The van der Waals surface area contributed by atoms with Crippen LogP contribution in [0, 0.1) is 5.82 Å². The number of halogens is 1. The fraction of sp³-hybridized carbons (Fsp3) is 0.111. The Bertz CT molecular complexity index is 819. The monoisotopic (exact) mass is 342 g/mol. The molecule has 1 N–H and O–H groups in total. The van der Waals surface area contributed by atoms with Crippen LogP contribution >= 0.6 is 11.3 Å². The molecule has 4 nitrogen and oxygen atoms in total. The molecule has 0 fully saturated rings. The minimum atomic E-state index is -0.723. The van der Waals surface area contributed by atoms with Gasteiger partial charge in [0.2, 0.25) is 0 Å². The van der Waals surface area contributed by atoms with Crippen LogP contribution in [0.15, 0.2) is 60.0 Å². The van der Waals surface area contributed by atoms with E-state index >= 15 is 0 Å². The van der Waals surface area contributed by atoms with E-state index in [1.165, 1.54) is 35.6 Å². The maximum Gasteiger partial charge on any atom is 0.266 e. The van der Waals surface area contributed by atoms with E-state index in [0.29, 0.717) is 10.9 Å². The number of aromatic nitrogens is 1. The number of nitrogens with one attached hydrogen (secondary N) is 1. The highest BCUT2D eigenvalue weighted by Crippen LogP contribution is 2.24. The van der Waals surface area contributed by atoms with E-state index < -0.39 is 6.10 Å². The number of carbonyl (C=O) groups excluding carboxylic acids is 1. The summed E-state index contributed by atoms with van der Waals surface area (Å²) >= 11 is 1.35. The first-order valence-corrected chi connectivity index (χ1v) is 8.24. The molecule has 1 aromatic heterocycles. The number of hydrogen-bond acceptors (Lipinski definition) is 4. The van der Waals surface area contributed by atoms with Crippen LogP contribution in [0.4, 0.5) is 9.52 Å². The number of amides is 1. The van der Waals surface area contributed by atoms with Crippen molar-refractivity contribution in [2.24, 2.45) is 0 Å². The average molecular weight is 342 g/mol. The third-order valence-electron chi connectivity index (χ3n) is 3.30. The van der Waals surface area contributed by atoms with Gasteiger partial charge in [-0.2, -0.15) is 0 Å². The zero-order chi connectivity index (χ0) is 16.9. The summed E-state index contributed by atoms with van der Waals surface area (Å²) in [5, 5.41) is 5.13. The van der Waals surface area contributed by atoms with Crippen LogP contribution in [0.1, 0.15) is 6.92 Å². The first kappa shape index (κ1) is 16.1. The van der Waals surface area contributed by atoms with Crippen molar-refractivity contribution in [3.05, 3.63) is 65.8 Å². The Hall–Kier alpha value is -2.73. The van der Waals surface area contributed by atoms with Gasteiger partial charge in [-0.25, -0.2) is 9.37 Å². The second-order valence-electron chi connectivity index (χ2n) is 5.11. The van der Waals surface area contributed by atoms with Gasteiger partial charge in [-0.1, -0.05) is 30.3 Å². The highest BCUT2D eigenvalue weighted by atomic mass is 32.1. The van der Waals surface area contributed by atoms with Crippen molar-refractivity contribution in [3.8, 4) is 17.0 Å². The Labute approximate surface area is 142 Å². The Morgan fingerprint density at radius 3 is 2.58 bits per heavy atom. The highest BCUT2D eigenvalue weighted by molar-refractivity contribution is 7.14. The molecule has 122 valence electrons. The third-order valence-corrected chi connectivity index (χ3v) is 4.06. The van der Waals surface area contributed by atoms with Gasteiger partial charge < -0.3 is 4.74 Å². The molecule has 3 aromatic rings. The molecule has 1 unspecified atom stereocenters. The molecule has 3 rings (SSSR count). The van der Waals surface area contributed by atoms with Crippen LogP contribution in [0.3, 0.4) is 0 Å². The number of nitrogens with zero attached hydrogens (tertiary/aromatic N) is 1. The van der Waals surface area contributed by atoms with E-state index in [1.54, 1.807) is 6.92 Å². The van der Waals surface area contributed by atoms with Crippen molar-refractivity contribution in [1.29, 1.82) is 0 Å². The summed E-state index contributed by atoms with van der Waals surface area (Å²) in [6, 6.07) is 15.3. The van der Waals surface area contributed by atoms with Crippen molar-refractivity contribution < 1.29 is 13.9 Å². The number of benzene rings is 2. The molecular weight excluding hydrogens is 327 g/mol. The van der Waals surface area contributed by atoms with Crippen LogP contribution in [-0.2, 0) is 4.79 Å². The molecule has 0 saturated carbocycles. The first-order valence-electron chi connectivity index (χ1n) is 7.36. The van der Waals surface area contributed by atoms with Gasteiger partial charge in [0, 0.05) is 10.9 Å². The largest absolute Gasteiger partial charge is 0.481 e. The first-order chi connectivity index (χ1) is 11.6. The number of anilines is 1. The molecule has 0 aliphatic rings.